The Morgan fingerprint density at radius 3 is 2.69 bits per heavy atom. The lowest BCUT2D eigenvalue weighted by atomic mass is 10.00. The molecule has 0 saturated carbocycles. The molecular weight excluding hydrogens is 226 g/mol. The molecule has 1 aromatic carbocycles. The summed E-state index contributed by atoms with van der Waals surface area (Å²) in [6.07, 6.45) is 0.653. The van der Waals surface area contributed by atoms with Crippen LogP contribution in [0.3, 0.4) is 0 Å². The molecule has 0 unspecified atom stereocenters. The van der Waals surface area contributed by atoms with Gasteiger partial charge in [-0.3, -0.25) is 0 Å². The fraction of sp³-hybridized carbons (Fsp3) is 0.333. The van der Waals surface area contributed by atoms with Gasteiger partial charge in [0.05, 0.1) is 7.11 Å². The first-order valence-electron chi connectivity index (χ1n) is 4.81. The Morgan fingerprint density at radius 2 is 2.19 bits per heavy atom. The molecule has 0 radical (unpaired) electrons. The number of phenolic OH excluding ortho intramolecular Hbond substituents is 1. The van der Waals surface area contributed by atoms with Gasteiger partial charge in [0.15, 0.2) is 0 Å². The minimum Gasteiger partial charge on any atom is -0.508 e. The van der Waals surface area contributed by atoms with E-state index >= 15 is 0 Å². The largest absolute Gasteiger partial charge is 0.508 e. The van der Waals surface area contributed by atoms with Crippen molar-refractivity contribution in [1.82, 2.24) is 0 Å². The standard InChI is InChI=1S/C12H17NO2.ClH/c1-8(2)6-11(13)10-7-9(15-3)4-5-12(10)14;/h4-5,7,11,14H,1,6,13H2,2-3H3;1H/t11-;/m0./s1. The van der Waals surface area contributed by atoms with E-state index in [2.05, 4.69) is 6.58 Å². The van der Waals surface area contributed by atoms with Crippen LogP contribution in [0.5, 0.6) is 11.5 Å². The summed E-state index contributed by atoms with van der Waals surface area (Å²) in [6, 6.07) is 4.81. The summed E-state index contributed by atoms with van der Waals surface area (Å²) in [5.74, 6) is 0.893. The van der Waals surface area contributed by atoms with Crippen LogP contribution in [0.15, 0.2) is 30.4 Å². The van der Waals surface area contributed by atoms with Crippen molar-refractivity contribution in [2.75, 3.05) is 7.11 Å². The number of nitrogens with two attached hydrogens (primary N) is 1. The summed E-state index contributed by atoms with van der Waals surface area (Å²) in [5.41, 5.74) is 7.63. The summed E-state index contributed by atoms with van der Waals surface area (Å²) >= 11 is 0. The van der Waals surface area contributed by atoms with E-state index in [0.717, 1.165) is 5.57 Å². The third-order valence-corrected chi connectivity index (χ3v) is 2.20. The molecule has 0 aliphatic carbocycles. The number of halogens is 1. The van der Waals surface area contributed by atoms with Crippen LogP contribution < -0.4 is 10.5 Å². The maximum absolute atomic E-state index is 9.65. The first-order valence-corrected chi connectivity index (χ1v) is 4.81. The van der Waals surface area contributed by atoms with Crippen molar-refractivity contribution in [3.8, 4) is 11.5 Å². The zero-order chi connectivity index (χ0) is 11.4. The highest BCUT2D eigenvalue weighted by atomic mass is 35.5. The second-order valence-corrected chi connectivity index (χ2v) is 3.69. The Bertz CT molecular complexity index is 366. The van der Waals surface area contributed by atoms with Crippen molar-refractivity contribution in [3.05, 3.63) is 35.9 Å². The van der Waals surface area contributed by atoms with Gasteiger partial charge >= 0.3 is 0 Å². The van der Waals surface area contributed by atoms with E-state index in [-0.39, 0.29) is 24.2 Å². The van der Waals surface area contributed by atoms with Crippen molar-refractivity contribution < 1.29 is 9.84 Å². The van der Waals surface area contributed by atoms with E-state index in [1.807, 2.05) is 6.92 Å². The molecule has 1 atom stereocenters. The predicted octanol–water partition coefficient (Wildman–Crippen LogP) is 2.79. The molecule has 0 aromatic heterocycles. The van der Waals surface area contributed by atoms with Crippen LogP contribution in [0.4, 0.5) is 0 Å². The third kappa shape index (κ3) is 3.76. The van der Waals surface area contributed by atoms with Gasteiger partial charge in [0.1, 0.15) is 11.5 Å². The van der Waals surface area contributed by atoms with Crippen molar-refractivity contribution >= 4 is 12.4 Å². The van der Waals surface area contributed by atoms with E-state index in [0.29, 0.717) is 17.7 Å². The first-order chi connectivity index (χ1) is 7.04. The van der Waals surface area contributed by atoms with Crippen molar-refractivity contribution in [3.63, 3.8) is 0 Å². The number of rotatable bonds is 4. The van der Waals surface area contributed by atoms with E-state index < -0.39 is 0 Å². The minimum atomic E-state index is -0.238. The van der Waals surface area contributed by atoms with E-state index in [1.165, 1.54) is 0 Å². The maximum Gasteiger partial charge on any atom is 0.120 e. The Balaban J connectivity index is 0.00000225. The fourth-order valence-electron chi connectivity index (χ4n) is 1.44. The highest BCUT2D eigenvalue weighted by molar-refractivity contribution is 5.85. The lowest BCUT2D eigenvalue weighted by Crippen LogP contribution is -2.10. The smallest absolute Gasteiger partial charge is 0.120 e. The molecule has 1 rings (SSSR count). The van der Waals surface area contributed by atoms with Gasteiger partial charge in [-0.2, -0.15) is 0 Å². The lowest BCUT2D eigenvalue weighted by molar-refractivity contribution is 0.409. The van der Waals surface area contributed by atoms with Crippen LogP contribution in [-0.2, 0) is 0 Å². The van der Waals surface area contributed by atoms with Crippen molar-refractivity contribution in [1.29, 1.82) is 0 Å². The van der Waals surface area contributed by atoms with Gasteiger partial charge < -0.3 is 15.6 Å². The molecule has 0 amide bonds. The number of aromatic hydroxyl groups is 1. The Morgan fingerprint density at radius 1 is 1.56 bits per heavy atom. The van der Waals surface area contributed by atoms with Gasteiger partial charge in [-0.25, -0.2) is 0 Å². The zero-order valence-electron chi connectivity index (χ0n) is 9.56. The topological polar surface area (TPSA) is 55.5 Å². The maximum atomic E-state index is 9.65. The second kappa shape index (κ2) is 6.40. The van der Waals surface area contributed by atoms with Crippen molar-refractivity contribution in [2.24, 2.45) is 5.73 Å². The summed E-state index contributed by atoms with van der Waals surface area (Å²) in [7, 11) is 1.58. The SMILES string of the molecule is C=C(C)C[C@H](N)c1cc(OC)ccc1O.Cl. The van der Waals surface area contributed by atoms with Crippen LogP contribution in [0.25, 0.3) is 0 Å². The number of phenols is 1. The summed E-state index contributed by atoms with van der Waals surface area (Å²) < 4.78 is 5.08. The Hall–Kier alpha value is -1.19. The molecule has 0 aliphatic rings. The fourth-order valence-corrected chi connectivity index (χ4v) is 1.44. The van der Waals surface area contributed by atoms with Crippen LogP contribution in [0.2, 0.25) is 0 Å². The predicted molar refractivity (Wildman–Crippen MR) is 68.3 cm³/mol. The highest BCUT2D eigenvalue weighted by Gasteiger charge is 2.11. The van der Waals surface area contributed by atoms with Gasteiger partial charge in [-0.05, 0) is 31.5 Å². The van der Waals surface area contributed by atoms with E-state index in [9.17, 15) is 5.11 Å². The van der Waals surface area contributed by atoms with E-state index in [4.69, 9.17) is 10.5 Å². The molecule has 0 heterocycles. The van der Waals surface area contributed by atoms with E-state index in [1.54, 1.807) is 25.3 Å². The number of ether oxygens (including phenoxy) is 1. The highest BCUT2D eigenvalue weighted by Crippen LogP contribution is 2.29. The molecule has 0 fully saturated rings. The monoisotopic (exact) mass is 243 g/mol. The van der Waals surface area contributed by atoms with Gasteiger partial charge in [0, 0.05) is 11.6 Å². The zero-order valence-corrected chi connectivity index (χ0v) is 10.4. The number of benzene rings is 1. The molecule has 3 nitrogen and oxygen atoms in total. The second-order valence-electron chi connectivity index (χ2n) is 3.69. The molecule has 0 bridgehead atoms. The molecule has 90 valence electrons. The lowest BCUT2D eigenvalue weighted by Gasteiger charge is -2.14. The molecule has 1 aromatic rings. The number of hydrogen-bond donors (Lipinski definition) is 2. The van der Waals surface area contributed by atoms with Crippen LogP contribution >= 0.6 is 12.4 Å². The number of hydrogen-bond acceptors (Lipinski definition) is 3. The van der Waals surface area contributed by atoms with Crippen LogP contribution in [0, 0.1) is 0 Å². The Labute approximate surface area is 102 Å². The summed E-state index contributed by atoms with van der Waals surface area (Å²) in [6.45, 7) is 5.71. The first kappa shape index (κ1) is 14.8. The van der Waals surface area contributed by atoms with Crippen LogP contribution in [-0.4, -0.2) is 12.2 Å². The molecule has 0 aliphatic heterocycles. The average molecular weight is 244 g/mol. The molecular formula is C12H18ClNO2. The third-order valence-electron chi connectivity index (χ3n) is 2.20. The van der Waals surface area contributed by atoms with Crippen molar-refractivity contribution in [2.45, 2.75) is 19.4 Å². The molecule has 3 N–H and O–H groups in total. The average Bonchev–Trinajstić information content (AvgIpc) is 2.17. The minimum absolute atomic E-state index is 0. The molecule has 0 saturated heterocycles. The van der Waals surface area contributed by atoms with Gasteiger partial charge in [0.2, 0.25) is 0 Å². The molecule has 4 heteroatoms. The Kier molecular flexibility index (Phi) is 5.93. The molecule has 16 heavy (non-hydrogen) atoms. The van der Waals surface area contributed by atoms with Gasteiger partial charge in [-0.15, -0.1) is 19.0 Å². The molecule has 0 spiro atoms. The van der Waals surface area contributed by atoms with Gasteiger partial charge in [0.25, 0.3) is 0 Å². The van der Waals surface area contributed by atoms with Crippen LogP contribution in [0.1, 0.15) is 24.9 Å². The van der Waals surface area contributed by atoms with Gasteiger partial charge in [-0.1, -0.05) is 5.57 Å². The quantitative estimate of drug-likeness (QED) is 0.800. The normalized spacial score (nSPS) is 11.4. The summed E-state index contributed by atoms with van der Waals surface area (Å²) in [4.78, 5) is 0. The summed E-state index contributed by atoms with van der Waals surface area (Å²) in [5, 5.41) is 9.65. The number of methoxy groups -OCH3 is 1.